The first-order valence-corrected chi connectivity index (χ1v) is 7.03. The standard InChI is InChI=1S/C19H16N2O/c1-3-13-22-17-12-8-7-11-16(17)19-18(20-14-21(19)2)15-9-5-4-6-10-15/h1,4-12,14H,13H2,2H3. The van der Waals surface area contributed by atoms with Crippen LogP contribution in [0.3, 0.4) is 0 Å². The molecule has 0 aliphatic rings. The summed E-state index contributed by atoms with van der Waals surface area (Å²) in [6, 6.07) is 18.0. The lowest BCUT2D eigenvalue weighted by molar-refractivity contribution is 0.371. The van der Waals surface area contributed by atoms with Crippen molar-refractivity contribution in [2.45, 2.75) is 0 Å². The Morgan fingerprint density at radius 1 is 1.09 bits per heavy atom. The molecule has 0 bridgehead atoms. The molecule has 0 unspecified atom stereocenters. The fourth-order valence-electron chi connectivity index (χ4n) is 2.46. The number of hydrogen-bond acceptors (Lipinski definition) is 2. The first-order valence-electron chi connectivity index (χ1n) is 7.03. The van der Waals surface area contributed by atoms with Crippen LogP contribution in [-0.4, -0.2) is 16.2 Å². The molecule has 1 aromatic heterocycles. The van der Waals surface area contributed by atoms with Gasteiger partial charge < -0.3 is 9.30 Å². The van der Waals surface area contributed by atoms with Gasteiger partial charge in [0.2, 0.25) is 0 Å². The van der Waals surface area contributed by atoms with Crippen LogP contribution >= 0.6 is 0 Å². The third kappa shape index (κ3) is 2.59. The van der Waals surface area contributed by atoms with Crippen LogP contribution in [-0.2, 0) is 7.05 Å². The molecule has 0 spiro atoms. The first kappa shape index (κ1) is 14.0. The summed E-state index contributed by atoms with van der Waals surface area (Å²) in [6.07, 6.45) is 7.12. The number of ether oxygens (including phenoxy) is 1. The minimum absolute atomic E-state index is 0.246. The average Bonchev–Trinajstić information content (AvgIpc) is 2.95. The van der Waals surface area contributed by atoms with Crippen molar-refractivity contribution in [2.75, 3.05) is 6.61 Å². The van der Waals surface area contributed by atoms with Crippen LogP contribution < -0.4 is 4.74 Å². The van der Waals surface area contributed by atoms with Crippen molar-refractivity contribution >= 4 is 0 Å². The third-order valence-electron chi connectivity index (χ3n) is 3.44. The van der Waals surface area contributed by atoms with Crippen LogP contribution in [0.2, 0.25) is 0 Å². The number of hydrogen-bond donors (Lipinski definition) is 0. The minimum atomic E-state index is 0.246. The molecule has 3 heteroatoms. The molecule has 0 fully saturated rings. The summed E-state index contributed by atoms with van der Waals surface area (Å²) in [5, 5.41) is 0. The highest BCUT2D eigenvalue weighted by Gasteiger charge is 2.16. The number of imidazole rings is 1. The Morgan fingerprint density at radius 2 is 1.82 bits per heavy atom. The zero-order chi connectivity index (χ0) is 15.4. The second-order valence-electron chi connectivity index (χ2n) is 4.91. The molecule has 3 nitrogen and oxygen atoms in total. The number of benzene rings is 2. The summed E-state index contributed by atoms with van der Waals surface area (Å²) in [7, 11) is 1.98. The predicted molar refractivity (Wildman–Crippen MR) is 88.4 cm³/mol. The van der Waals surface area contributed by atoms with Gasteiger partial charge in [0, 0.05) is 18.2 Å². The summed E-state index contributed by atoms with van der Waals surface area (Å²) in [4.78, 5) is 4.55. The summed E-state index contributed by atoms with van der Waals surface area (Å²) < 4.78 is 7.68. The third-order valence-corrected chi connectivity index (χ3v) is 3.44. The van der Waals surface area contributed by atoms with Gasteiger partial charge in [-0.3, -0.25) is 0 Å². The number of rotatable bonds is 4. The Morgan fingerprint density at radius 3 is 2.59 bits per heavy atom. The maximum Gasteiger partial charge on any atom is 0.148 e. The molecule has 0 N–H and O–H groups in total. The van der Waals surface area contributed by atoms with Gasteiger partial charge in [-0.2, -0.15) is 0 Å². The Bertz CT molecular complexity index is 813. The van der Waals surface area contributed by atoms with E-state index in [0.29, 0.717) is 0 Å². The maximum absolute atomic E-state index is 5.68. The average molecular weight is 288 g/mol. The van der Waals surface area contributed by atoms with E-state index in [1.807, 2.05) is 60.4 Å². The molecule has 0 atom stereocenters. The monoisotopic (exact) mass is 288 g/mol. The molecule has 1 heterocycles. The van der Waals surface area contributed by atoms with Crippen molar-refractivity contribution in [3.8, 4) is 40.6 Å². The van der Waals surface area contributed by atoms with Gasteiger partial charge in [0.15, 0.2) is 0 Å². The topological polar surface area (TPSA) is 27.1 Å². The number of aromatic nitrogens is 2. The highest BCUT2D eigenvalue weighted by molar-refractivity contribution is 5.81. The molecule has 0 saturated heterocycles. The summed E-state index contributed by atoms with van der Waals surface area (Å²) >= 11 is 0. The van der Waals surface area contributed by atoms with E-state index in [4.69, 9.17) is 11.2 Å². The van der Waals surface area contributed by atoms with Crippen molar-refractivity contribution in [3.63, 3.8) is 0 Å². The van der Waals surface area contributed by atoms with E-state index in [-0.39, 0.29) is 6.61 Å². The predicted octanol–water partition coefficient (Wildman–Crippen LogP) is 3.77. The summed E-state index contributed by atoms with van der Waals surface area (Å²) in [5.74, 6) is 3.27. The van der Waals surface area contributed by atoms with Crippen LogP contribution in [0.25, 0.3) is 22.5 Å². The second kappa shape index (κ2) is 6.19. The largest absolute Gasteiger partial charge is 0.480 e. The van der Waals surface area contributed by atoms with Crippen LogP contribution in [0.15, 0.2) is 60.9 Å². The molecular weight excluding hydrogens is 272 g/mol. The molecular formula is C19H16N2O. The van der Waals surface area contributed by atoms with Crippen LogP contribution in [0.5, 0.6) is 5.75 Å². The Kier molecular flexibility index (Phi) is 3.93. The fourth-order valence-corrected chi connectivity index (χ4v) is 2.46. The van der Waals surface area contributed by atoms with E-state index in [9.17, 15) is 0 Å². The number of terminal acetylenes is 1. The Labute approximate surface area is 130 Å². The molecule has 0 saturated carbocycles. The normalized spacial score (nSPS) is 10.2. The van der Waals surface area contributed by atoms with Gasteiger partial charge in [-0.15, -0.1) is 6.42 Å². The van der Waals surface area contributed by atoms with E-state index in [0.717, 1.165) is 28.3 Å². The molecule has 108 valence electrons. The van der Waals surface area contributed by atoms with Crippen molar-refractivity contribution in [1.82, 2.24) is 9.55 Å². The SMILES string of the molecule is C#CCOc1ccccc1-c1c(-c2ccccc2)ncn1C. The smallest absolute Gasteiger partial charge is 0.148 e. The second-order valence-corrected chi connectivity index (χ2v) is 4.91. The molecule has 3 rings (SSSR count). The van der Waals surface area contributed by atoms with E-state index >= 15 is 0 Å². The van der Waals surface area contributed by atoms with Crippen molar-refractivity contribution in [3.05, 3.63) is 60.9 Å². The quantitative estimate of drug-likeness (QED) is 0.683. The number of aryl methyl sites for hydroxylation is 1. The van der Waals surface area contributed by atoms with Crippen molar-refractivity contribution in [2.24, 2.45) is 7.05 Å². The molecule has 0 aliphatic carbocycles. The number of nitrogens with zero attached hydrogens (tertiary/aromatic N) is 2. The maximum atomic E-state index is 5.68. The zero-order valence-corrected chi connectivity index (χ0v) is 12.4. The van der Waals surface area contributed by atoms with Crippen molar-refractivity contribution < 1.29 is 4.74 Å². The summed E-state index contributed by atoms with van der Waals surface area (Å²) in [5.41, 5.74) is 4.00. The van der Waals surface area contributed by atoms with Gasteiger partial charge in [-0.05, 0) is 12.1 Å². The van der Waals surface area contributed by atoms with E-state index in [1.165, 1.54) is 0 Å². The zero-order valence-electron chi connectivity index (χ0n) is 12.4. The summed E-state index contributed by atoms with van der Waals surface area (Å²) in [6.45, 7) is 0.246. The molecule has 0 radical (unpaired) electrons. The molecule has 3 aromatic rings. The van der Waals surface area contributed by atoms with Crippen LogP contribution in [0.4, 0.5) is 0 Å². The van der Waals surface area contributed by atoms with Gasteiger partial charge in [0.25, 0.3) is 0 Å². The van der Waals surface area contributed by atoms with Gasteiger partial charge >= 0.3 is 0 Å². The van der Waals surface area contributed by atoms with Gasteiger partial charge in [-0.1, -0.05) is 48.4 Å². The Balaban J connectivity index is 2.14. The lowest BCUT2D eigenvalue weighted by Crippen LogP contribution is -1.98. The fraction of sp³-hybridized carbons (Fsp3) is 0.105. The lowest BCUT2D eigenvalue weighted by atomic mass is 10.0. The molecule has 2 aromatic carbocycles. The Hall–Kier alpha value is -2.99. The van der Waals surface area contributed by atoms with Crippen LogP contribution in [0.1, 0.15) is 0 Å². The van der Waals surface area contributed by atoms with E-state index < -0.39 is 0 Å². The number of para-hydroxylation sites is 1. The molecule has 0 amide bonds. The molecule has 0 aliphatic heterocycles. The lowest BCUT2D eigenvalue weighted by Gasteiger charge is -2.12. The van der Waals surface area contributed by atoms with E-state index in [2.05, 4.69) is 23.0 Å². The van der Waals surface area contributed by atoms with Crippen LogP contribution in [0, 0.1) is 12.3 Å². The highest BCUT2D eigenvalue weighted by atomic mass is 16.5. The van der Waals surface area contributed by atoms with Gasteiger partial charge in [-0.25, -0.2) is 4.98 Å². The highest BCUT2D eigenvalue weighted by Crippen LogP contribution is 2.36. The van der Waals surface area contributed by atoms with Crippen molar-refractivity contribution in [1.29, 1.82) is 0 Å². The van der Waals surface area contributed by atoms with Gasteiger partial charge in [0.1, 0.15) is 12.4 Å². The van der Waals surface area contributed by atoms with Gasteiger partial charge in [0.05, 0.1) is 17.7 Å². The minimum Gasteiger partial charge on any atom is -0.480 e. The van der Waals surface area contributed by atoms with E-state index in [1.54, 1.807) is 0 Å². The molecule has 22 heavy (non-hydrogen) atoms. The first-order chi connectivity index (χ1) is 10.8.